The van der Waals surface area contributed by atoms with E-state index in [0.29, 0.717) is 11.4 Å². The van der Waals surface area contributed by atoms with Gasteiger partial charge >= 0.3 is 0 Å². The van der Waals surface area contributed by atoms with E-state index in [-0.39, 0.29) is 11.7 Å². The summed E-state index contributed by atoms with van der Waals surface area (Å²) < 4.78 is 20.4. The molecule has 0 spiro atoms. The molecule has 0 saturated carbocycles. The molecule has 0 aliphatic heterocycles. The molecule has 100 valence electrons. The minimum absolute atomic E-state index is 0.179. The van der Waals surface area contributed by atoms with Crippen LogP contribution in [0.15, 0.2) is 40.9 Å². The van der Waals surface area contributed by atoms with Gasteiger partial charge in [-0.2, -0.15) is 0 Å². The summed E-state index contributed by atoms with van der Waals surface area (Å²) in [5, 5.41) is 0. The highest BCUT2D eigenvalue weighted by atomic mass is 79.9. The maximum Gasteiger partial charge on any atom is 0.167 e. The Kier molecular flexibility index (Phi) is 4.10. The summed E-state index contributed by atoms with van der Waals surface area (Å²) >= 11 is 3.43. The Morgan fingerprint density at radius 3 is 2.42 bits per heavy atom. The van der Waals surface area contributed by atoms with E-state index in [9.17, 15) is 4.39 Å². The lowest BCUT2D eigenvalue weighted by Crippen LogP contribution is -1.96. The van der Waals surface area contributed by atoms with Crippen LogP contribution in [0.5, 0.6) is 11.5 Å². The Labute approximate surface area is 120 Å². The van der Waals surface area contributed by atoms with Gasteiger partial charge in [-0.15, -0.1) is 0 Å². The van der Waals surface area contributed by atoms with E-state index in [2.05, 4.69) is 29.8 Å². The lowest BCUT2D eigenvalue weighted by Gasteiger charge is -2.14. The van der Waals surface area contributed by atoms with Crippen molar-refractivity contribution >= 4 is 21.6 Å². The highest BCUT2D eigenvalue weighted by Crippen LogP contribution is 2.34. The van der Waals surface area contributed by atoms with Crippen LogP contribution >= 0.6 is 15.9 Å². The molecule has 2 aromatic carbocycles. The fourth-order valence-electron chi connectivity index (χ4n) is 1.78. The molecule has 2 nitrogen and oxygen atoms in total. The van der Waals surface area contributed by atoms with Crippen LogP contribution in [0.3, 0.4) is 0 Å². The zero-order valence-electron chi connectivity index (χ0n) is 10.8. The normalized spacial score (nSPS) is 10.8. The summed E-state index contributed by atoms with van der Waals surface area (Å²) in [4.78, 5) is 0. The summed E-state index contributed by atoms with van der Waals surface area (Å²) in [6, 6.07) is 10.1. The average molecular weight is 324 g/mol. The highest BCUT2D eigenvalue weighted by Gasteiger charge is 2.12. The molecular formula is C15H15BrFNO. The summed E-state index contributed by atoms with van der Waals surface area (Å²) in [5.41, 5.74) is 6.92. The van der Waals surface area contributed by atoms with Crippen LogP contribution in [0.2, 0.25) is 0 Å². The fraction of sp³-hybridized carbons (Fsp3) is 0.200. The van der Waals surface area contributed by atoms with Gasteiger partial charge in [0, 0.05) is 16.2 Å². The number of nitrogen functional groups attached to an aromatic ring is 1. The van der Waals surface area contributed by atoms with Gasteiger partial charge in [0.05, 0.1) is 0 Å². The van der Waals surface area contributed by atoms with Crippen molar-refractivity contribution in [1.29, 1.82) is 0 Å². The molecule has 0 fully saturated rings. The van der Waals surface area contributed by atoms with E-state index < -0.39 is 5.82 Å². The summed E-state index contributed by atoms with van der Waals surface area (Å²) in [7, 11) is 0. The lowest BCUT2D eigenvalue weighted by molar-refractivity contribution is 0.436. The molecular weight excluding hydrogens is 309 g/mol. The molecule has 0 saturated heterocycles. The van der Waals surface area contributed by atoms with Gasteiger partial charge < -0.3 is 10.5 Å². The number of hydrogen-bond donors (Lipinski definition) is 1. The van der Waals surface area contributed by atoms with Crippen LogP contribution in [-0.2, 0) is 0 Å². The fourth-order valence-corrected chi connectivity index (χ4v) is 2.16. The van der Waals surface area contributed by atoms with Crippen LogP contribution < -0.4 is 10.5 Å². The third kappa shape index (κ3) is 3.26. The smallest absolute Gasteiger partial charge is 0.167 e. The van der Waals surface area contributed by atoms with Crippen LogP contribution in [0, 0.1) is 5.82 Å². The molecule has 0 aromatic heterocycles. The SMILES string of the molecule is CC(C)c1cc(Br)ccc1Oc1ccc(N)cc1F. The number of anilines is 1. The Balaban J connectivity index is 2.38. The van der Waals surface area contributed by atoms with Crippen molar-refractivity contribution in [1.82, 2.24) is 0 Å². The van der Waals surface area contributed by atoms with E-state index in [4.69, 9.17) is 10.5 Å². The number of benzene rings is 2. The Morgan fingerprint density at radius 1 is 1.11 bits per heavy atom. The van der Waals surface area contributed by atoms with Gasteiger partial charge in [-0.3, -0.25) is 0 Å². The zero-order valence-corrected chi connectivity index (χ0v) is 12.4. The van der Waals surface area contributed by atoms with Gasteiger partial charge in [0.1, 0.15) is 5.75 Å². The summed E-state index contributed by atoms with van der Waals surface area (Å²) in [6.07, 6.45) is 0. The topological polar surface area (TPSA) is 35.2 Å². The van der Waals surface area contributed by atoms with Crippen molar-refractivity contribution in [2.24, 2.45) is 0 Å². The third-order valence-electron chi connectivity index (χ3n) is 2.77. The molecule has 4 heteroatoms. The number of halogens is 2. The maximum absolute atomic E-state index is 13.7. The average Bonchev–Trinajstić information content (AvgIpc) is 2.34. The molecule has 2 rings (SSSR count). The van der Waals surface area contributed by atoms with E-state index in [1.54, 1.807) is 6.07 Å². The van der Waals surface area contributed by atoms with Gasteiger partial charge in [0.25, 0.3) is 0 Å². The predicted molar refractivity (Wildman–Crippen MR) is 79.1 cm³/mol. The minimum atomic E-state index is -0.461. The second-order valence-corrected chi connectivity index (χ2v) is 5.54. The van der Waals surface area contributed by atoms with E-state index in [1.807, 2.05) is 18.2 Å². The quantitative estimate of drug-likeness (QED) is 0.799. The van der Waals surface area contributed by atoms with Crippen LogP contribution in [0.25, 0.3) is 0 Å². The van der Waals surface area contributed by atoms with Gasteiger partial charge in [-0.05, 0) is 41.8 Å². The monoisotopic (exact) mass is 323 g/mol. The number of hydrogen-bond acceptors (Lipinski definition) is 2. The largest absolute Gasteiger partial charge is 0.454 e. The van der Waals surface area contributed by atoms with Crippen molar-refractivity contribution in [3.8, 4) is 11.5 Å². The highest BCUT2D eigenvalue weighted by molar-refractivity contribution is 9.10. The standard InChI is InChI=1S/C15H15BrFNO/c1-9(2)12-7-10(16)3-5-14(12)19-15-6-4-11(18)8-13(15)17/h3-9H,18H2,1-2H3. The first kappa shape index (κ1) is 13.9. The maximum atomic E-state index is 13.7. The van der Waals surface area contributed by atoms with E-state index in [1.165, 1.54) is 12.1 Å². The molecule has 0 aliphatic carbocycles. The van der Waals surface area contributed by atoms with Crippen LogP contribution in [-0.4, -0.2) is 0 Å². The molecule has 0 bridgehead atoms. The first-order valence-electron chi connectivity index (χ1n) is 5.99. The Bertz CT molecular complexity index is 599. The molecule has 0 unspecified atom stereocenters. The molecule has 19 heavy (non-hydrogen) atoms. The molecule has 0 amide bonds. The number of rotatable bonds is 3. The minimum Gasteiger partial charge on any atom is -0.454 e. The van der Waals surface area contributed by atoms with Gasteiger partial charge in [0.2, 0.25) is 0 Å². The second-order valence-electron chi connectivity index (χ2n) is 4.63. The molecule has 2 aromatic rings. The molecule has 0 atom stereocenters. The van der Waals surface area contributed by atoms with Crippen LogP contribution in [0.1, 0.15) is 25.3 Å². The number of ether oxygens (including phenoxy) is 1. The van der Waals surface area contributed by atoms with Crippen molar-refractivity contribution in [3.63, 3.8) is 0 Å². The summed E-state index contributed by atoms with van der Waals surface area (Å²) in [6.45, 7) is 4.13. The Hall–Kier alpha value is -1.55. The first-order chi connectivity index (χ1) is 8.97. The van der Waals surface area contributed by atoms with Gasteiger partial charge in [0.15, 0.2) is 11.6 Å². The van der Waals surface area contributed by atoms with E-state index in [0.717, 1.165) is 10.0 Å². The molecule has 2 N–H and O–H groups in total. The van der Waals surface area contributed by atoms with Crippen LogP contribution in [0.4, 0.5) is 10.1 Å². The first-order valence-corrected chi connectivity index (χ1v) is 6.79. The third-order valence-corrected chi connectivity index (χ3v) is 3.26. The second kappa shape index (κ2) is 5.61. The molecule has 0 heterocycles. The molecule has 0 aliphatic rings. The van der Waals surface area contributed by atoms with Crippen molar-refractivity contribution in [3.05, 3.63) is 52.3 Å². The predicted octanol–water partition coefficient (Wildman–Crippen LogP) is 5.09. The summed E-state index contributed by atoms with van der Waals surface area (Å²) in [5.74, 6) is 0.655. The van der Waals surface area contributed by atoms with E-state index >= 15 is 0 Å². The lowest BCUT2D eigenvalue weighted by atomic mass is 10.0. The zero-order chi connectivity index (χ0) is 14.0. The van der Waals surface area contributed by atoms with Crippen molar-refractivity contribution in [2.75, 3.05) is 5.73 Å². The van der Waals surface area contributed by atoms with Gasteiger partial charge in [-0.1, -0.05) is 29.8 Å². The van der Waals surface area contributed by atoms with Crippen molar-refractivity contribution in [2.45, 2.75) is 19.8 Å². The molecule has 0 radical (unpaired) electrons. The van der Waals surface area contributed by atoms with Crippen molar-refractivity contribution < 1.29 is 9.13 Å². The van der Waals surface area contributed by atoms with Gasteiger partial charge in [-0.25, -0.2) is 4.39 Å². The number of nitrogens with two attached hydrogens (primary N) is 1. The Morgan fingerprint density at radius 2 is 1.79 bits per heavy atom.